The van der Waals surface area contributed by atoms with Gasteiger partial charge in [0.05, 0.1) is 10.5 Å². The number of nitrogens with zero attached hydrogens (tertiary/aromatic N) is 1. The highest BCUT2D eigenvalue weighted by Crippen LogP contribution is 2.11. The minimum Gasteiger partial charge on any atom is -0.268 e. The number of aromatic nitrogens is 1. The van der Waals surface area contributed by atoms with Crippen molar-refractivity contribution in [1.82, 2.24) is 9.71 Å². The molecule has 0 spiro atoms. The summed E-state index contributed by atoms with van der Waals surface area (Å²) in [5.74, 6) is -0.755. The van der Waals surface area contributed by atoms with Crippen LogP contribution in [0, 0.1) is 6.92 Å². The van der Waals surface area contributed by atoms with Crippen LogP contribution in [0.1, 0.15) is 15.9 Å². The van der Waals surface area contributed by atoms with E-state index in [0.717, 1.165) is 5.56 Å². The van der Waals surface area contributed by atoms with Crippen LogP contribution in [0.3, 0.4) is 0 Å². The molecule has 1 aromatic heterocycles. The molecule has 0 fully saturated rings. The molecule has 1 heterocycles. The molecule has 0 unspecified atom stereocenters. The van der Waals surface area contributed by atoms with Crippen molar-refractivity contribution in [3.05, 3.63) is 58.9 Å². The van der Waals surface area contributed by atoms with Crippen LogP contribution in [0.5, 0.6) is 0 Å². The topological polar surface area (TPSA) is 76.1 Å². The number of hydrogen-bond donors (Lipinski definition) is 1. The first-order valence-electron chi connectivity index (χ1n) is 5.64. The Bertz CT molecular complexity index is 725. The average Bonchev–Trinajstić information content (AvgIpc) is 2.39. The molecule has 0 saturated carbocycles. The number of hydrogen-bond acceptors (Lipinski definition) is 4. The summed E-state index contributed by atoms with van der Waals surface area (Å²) in [6.07, 6.45) is 1.21. The predicted molar refractivity (Wildman–Crippen MR) is 75.1 cm³/mol. The number of carbonyl (C=O) groups is 1. The molecule has 0 saturated heterocycles. The first-order chi connectivity index (χ1) is 9.38. The molecular formula is C13H11ClN2O3S. The van der Waals surface area contributed by atoms with Crippen molar-refractivity contribution in [2.75, 3.05) is 0 Å². The van der Waals surface area contributed by atoms with Gasteiger partial charge in [-0.1, -0.05) is 29.3 Å². The molecule has 1 N–H and O–H groups in total. The third kappa shape index (κ3) is 3.34. The molecule has 7 heteroatoms. The molecule has 5 nitrogen and oxygen atoms in total. The number of sulfonamides is 1. The minimum atomic E-state index is -3.89. The Morgan fingerprint density at radius 1 is 1.15 bits per heavy atom. The van der Waals surface area contributed by atoms with Crippen molar-refractivity contribution in [3.8, 4) is 0 Å². The summed E-state index contributed by atoms with van der Waals surface area (Å²) in [5, 5.41) is 0.225. The molecule has 20 heavy (non-hydrogen) atoms. The van der Waals surface area contributed by atoms with Crippen molar-refractivity contribution in [2.45, 2.75) is 11.8 Å². The summed E-state index contributed by atoms with van der Waals surface area (Å²) in [6.45, 7) is 1.84. The lowest BCUT2D eigenvalue weighted by molar-refractivity contribution is 0.0981. The summed E-state index contributed by atoms with van der Waals surface area (Å²) in [6, 6.07) is 8.99. The zero-order chi connectivity index (χ0) is 14.8. The van der Waals surface area contributed by atoms with Crippen LogP contribution in [0.2, 0.25) is 5.15 Å². The number of aryl methyl sites for hydroxylation is 1. The first-order valence-corrected chi connectivity index (χ1v) is 7.50. The minimum absolute atomic E-state index is 0.0263. The molecule has 1 amide bonds. The monoisotopic (exact) mass is 310 g/mol. The number of benzene rings is 1. The Balaban J connectivity index is 2.22. The van der Waals surface area contributed by atoms with Crippen LogP contribution in [-0.2, 0) is 10.0 Å². The van der Waals surface area contributed by atoms with E-state index in [1.54, 1.807) is 12.1 Å². The average molecular weight is 311 g/mol. The zero-order valence-corrected chi connectivity index (χ0v) is 12.1. The molecule has 0 bridgehead atoms. The summed E-state index contributed by atoms with van der Waals surface area (Å²) < 4.78 is 26.0. The van der Waals surface area contributed by atoms with Crippen LogP contribution >= 0.6 is 11.6 Å². The Hall–Kier alpha value is -1.92. The third-order valence-corrected chi connectivity index (χ3v) is 4.12. The van der Waals surface area contributed by atoms with E-state index in [-0.39, 0.29) is 15.6 Å². The van der Waals surface area contributed by atoms with Gasteiger partial charge < -0.3 is 0 Å². The SMILES string of the molecule is Cc1ccc(S(=O)(=O)NC(=O)c2ccc(Cl)nc2)cc1. The molecule has 0 aliphatic heterocycles. The van der Waals surface area contributed by atoms with Gasteiger partial charge in [-0.05, 0) is 31.2 Å². The van der Waals surface area contributed by atoms with E-state index < -0.39 is 15.9 Å². The van der Waals surface area contributed by atoms with Gasteiger partial charge in [-0.2, -0.15) is 0 Å². The summed E-state index contributed by atoms with van der Waals surface area (Å²) in [4.78, 5) is 15.6. The lowest BCUT2D eigenvalue weighted by Gasteiger charge is -2.07. The Labute approximate surface area is 121 Å². The second-order valence-electron chi connectivity index (χ2n) is 4.12. The van der Waals surface area contributed by atoms with Crippen molar-refractivity contribution < 1.29 is 13.2 Å². The lowest BCUT2D eigenvalue weighted by Crippen LogP contribution is -2.30. The Morgan fingerprint density at radius 3 is 2.35 bits per heavy atom. The van der Waals surface area contributed by atoms with Gasteiger partial charge in [-0.15, -0.1) is 0 Å². The number of nitrogens with one attached hydrogen (secondary N) is 1. The summed E-state index contributed by atoms with van der Waals surface area (Å²) in [7, 11) is -3.89. The maximum Gasteiger partial charge on any atom is 0.266 e. The molecule has 2 aromatic rings. The number of pyridine rings is 1. The van der Waals surface area contributed by atoms with Crippen LogP contribution in [0.15, 0.2) is 47.5 Å². The number of carbonyl (C=O) groups excluding carboxylic acids is 1. The molecule has 0 aliphatic rings. The second-order valence-corrected chi connectivity index (χ2v) is 6.19. The van der Waals surface area contributed by atoms with Gasteiger partial charge >= 0.3 is 0 Å². The lowest BCUT2D eigenvalue weighted by atomic mass is 10.2. The van der Waals surface area contributed by atoms with E-state index in [9.17, 15) is 13.2 Å². The molecule has 0 radical (unpaired) electrons. The molecule has 104 valence electrons. The number of rotatable bonds is 3. The van der Waals surface area contributed by atoms with Gasteiger partial charge in [0.1, 0.15) is 5.15 Å². The van der Waals surface area contributed by atoms with Gasteiger partial charge in [0.25, 0.3) is 15.9 Å². The highest BCUT2D eigenvalue weighted by molar-refractivity contribution is 7.90. The van der Waals surface area contributed by atoms with Gasteiger partial charge in [-0.3, -0.25) is 4.79 Å². The highest BCUT2D eigenvalue weighted by atomic mass is 35.5. The quantitative estimate of drug-likeness (QED) is 0.881. The number of halogens is 1. The van der Waals surface area contributed by atoms with Crippen LogP contribution < -0.4 is 4.72 Å². The van der Waals surface area contributed by atoms with Gasteiger partial charge in [0, 0.05) is 6.20 Å². The zero-order valence-electron chi connectivity index (χ0n) is 10.5. The first kappa shape index (κ1) is 14.5. The van der Waals surface area contributed by atoms with Crippen molar-refractivity contribution in [1.29, 1.82) is 0 Å². The molecule has 2 rings (SSSR count). The van der Waals surface area contributed by atoms with Gasteiger partial charge in [-0.25, -0.2) is 18.1 Å². The smallest absolute Gasteiger partial charge is 0.266 e. The maximum absolute atomic E-state index is 12.0. The van der Waals surface area contributed by atoms with E-state index in [4.69, 9.17) is 11.6 Å². The van der Waals surface area contributed by atoms with Crippen LogP contribution in [0.25, 0.3) is 0 Å². The highest BCUT2D eigenvalue weighted by Gasteiger charge is 2.18. The maximum atomic E-state index is 12.0. The van der Waals surface area contributed by atoms with Gasteiger partial charge in [0.15, 0.2) is 0 Å². The fourth-order valence-corrected chi connectivity index (χ4v) is 2.55. The predicted octanol–water partition coefficient (Wildman–Crippen LogP) is 2.16. The molecular weight excluding hydrogens is 300 g/mol. The second kappa shape index (κ2) is 5.60. The molecule has 1 aromatic carbocycles. The van der Waals surface area contributed by atoms with E-state index in [1.165, 1.54) is 30.5 Å². The Morgan fingerprint density at radius 2 is 1.80 bits per heavy atom. The number of amides is 1. The van der Waals surface area contributed by atoms with E-state index in [0.29, 0.717) is 0 Å². The normalized spacial score (nSPS) is 11.1. The van der Waals surface area contributed by atoms with Crippen molar-refractivity contribution in [2.24, 2.45) is 0 Å². The summed E-state index contributed by atoms with van der Waals surface area (Å²) in [5.41, 5.74) is 1.04. The standard InChI is InChI=1S/C13H11ClN2O3S/c1-9-2-5-11(6-3-9)20(18,19)16-13(17)10-4-7-12(14)15-8-10/h2-8H,1H3,(H,16,17). The van der Waals surface area contributed by atoms with Crippen LogP contribution in [0.4, 0.5) is 0 Å². The summed E-state index contributed by atoms with van der Waals surface area (Å²) >= 11 is 5.60. The molecule has 0 atom stereocenters. The van der Waals surface area contributed by atoms with E-state index >= 15 is 0 Å². The van der Waals surface area contributed by atoms with Gasteiger partial charge in [0.2, 0.25) is 0 Å². The fourth-order valence-electron chi connectivity index (χ4n) is 1.47. The fraction of sp³-hybridized carbons (Fsp3) is 0.0769. The van der Waals surface area contributed by atoms with Crippen LogP contribution in [-0.4, -0.2) is 19.3 Å². The van der Waals surface area contributed by atoms with Crippen molar-refractivity contribution in [3.63, 3.8) is 0 Å². The third-order valence-electron chi connectivity index (χ3n) is 2.55. The van der Waals surface area contributed by atoms with E-state index in [2.05, 4.69) is 4.98 Å². The molecule has 0 aliphatic carbocycles. The van der Waals surface area contributed by atoms with E-state index in [1.807, 2.05) is 11.6 Å². The van der Waals surface area contributed by atoms with Crippen molar-refractivity contribution >= 4 is 27.5 Å². The largest absolute Gasteiger partial charge is 0.268 e. The Kier molecular flexibility index (Phi) is 4.06.